The summed E-state index contributed by atoms with van der Waals surface area (Å²) in [7, 11) is 0. The van der Waals surface area contributed by atoms with Crippen LogP contribution in [0.1, 0.15) is 290 Å². The Labute approximate surface area is 317 Å². The highest BCUT2D eigenvalue weighted by atomic mass is 16.5. The summed E-state index contributed by atoms with van der Waals surface area (Å²) in [5, 5.41) is 0. The molecule has 0 saturated heterocycles. The highest BCUT2D eigenvalue weighted by Crippen LogP contribution is 2.22. The molecule has 0 spiro atoms. The topological polar surface area (TPSA) is 26.3 Å². The number of esters is 1. The zero-order chi connectivity index (χ0) is 36.3. The van der Waals surface area contributed by atoms with Crippen molar-refractivity contribution in [3.05, 3.63) is 0 Å². The quantitative estimate of drug-likeness (QED) is 0.0466. The molecule has 0 heterocycles. The fraction of sp³-hybridized carbons (Fsp3) is 0.979. The van der Waals surface area contributed by atoms with Gasteiger partial charge in [0.15, 0.2) is 0 Å². The summed E-state index contributed by atoms with van der Waals surface area (Å²) in [6, 6.07) is 0. The average molecular weight is 705 g/mol. The Bertz CT molecular complexity index is 615. The van der Waals surface area contributed by atoms with Gasteiger partial charge in [-0.3, -0.25) is 4.79 Å². The van der Waals surface area contributed by atoms with Crippen molar-refractivity contribution >= 4 is 5.97 Å². The van der Waals surface area contributed by atoms with E-state index < -0.39 is 0 Å². The monoisotopic (exact) mass is 705 g/mol. The van der Waals surface area contributed by atoms with Gasteiger partial charge in [-0.05, 0) is 19.3 Å². The molecule has 300 valence electrons. The van der Waals surface area contributed by atoms with Crippen LogP contribution in [0.2, 0.25) is 0 Å². The molecule has 0 radical (unpaired) electrons. The molecule has 0 amide bonds. The van der Waals surface area contributed by atoms with E-state index >= 15 is 0 Å². The van der Waals surface area contributed by atoms with Crippen LogP contribution in [0.3, 0.4) is 0 Å². The van der Waals surface area contributed by atoms with E-state index in [0.29, 0.717) is 6.61 Å². The van der Waals surface area contributed by atoms with Crippen LogP contribution >= 0.6 is 0 Å². The fourth-order valence-corrected chi connectivity index (χ4v) is 7.78. The smallest absolute Gasteiger partial charge is 0.308 e. The molecule has 2 heteroatoms. The molecule has 0 aliphatic carbocycles. The second-order valence-electron chi connectivity index (χ2n) is 16.5. The van der Waals surface area contributed by atoms with Gasteiger partial charge in [0, 0.05) is 0 Å². The van der Waals surface area contributed by atoms with Gasteiger partial charge < -0.3 is 4.74 Å². The zero-order valence-electron chi connectivity index (χ0n) is 35.3. The average Bonchev–Trinajstić information content (AvgIpc) is 3.12. The van der Waals surface area contributed by atoms with Gasteiger partial charge in [0.2, 0.25) is 0 Å². The zero-order valence-corrected chi connectivity index (χ0v) is 35.3. The molecular weight excluding hydrogens is 609 g/mol. The Morgan fingerprint density at radius 3 is 0.740 bits per heavy atom. The van der Waals surface area contributed by atoms with Gasteiger partial charge in [0.25, 0.3) is 0 Å². The van der Waals surface area contributed by atoms with E-state index in [1.807, 2.05) is 0 Å². The molecule has 0 aliphatic rings. The first-order valence-corrected chi connectivity index (χ1v) is 23.9. The summed E-state index contributed by atoms with van der Waals surface area (Å²) >= 11 is 0. The number of hydrogen-bond donors (Lipinski definition) is 0. The van der Waals surface area contributed by atoms with Gasteiger partial charge >= 0.3 is 5.97 Å². The minimum atomic E-state index is 0.122. The highest BCUT2D eigenvalue weighted by Gasteiger charge is 2.19. The molecular formula is C48H96O2. The maximum atomic E-state index is 13.1. The third-order valence-electron chi connectivity index (χ3n) is 11.4. The fourth-order valence-electron chi connectivity index (χ4n) is 7.78. The molecule has 1 unspecified atom stereocenters. The molecule has 0 aliphatic heterocycles. The Kier molecular flexibility index (Phi) is 44.2. The van der Waals surface area contributed by atoms with Crippen LogP contribution in [0.15, 0.2) is 0 Å². The van der Waals surface area contributed by atoms with Gasteiger partial charge in [0.1, 0.15) is 0 Å². The van der Waals surface area contributed by atoms with Crippen LogP contribution in [-0.2, 0) is 9.53 Å². The maximum Gasteiger partial charge on any atom is 0.308 e. The SMILES string of the molecule is CCCCCCCCCCCCCCCCCCC(CCCCCCCCCCCCCCCC)C(=O)OCCCCCCCCCCCC. The lowest BCUT2D eigenvalue weighted by atomic mass is 9.94. The number of rotatable bonds is 44. The highest BCUT2D eigenvalue weighted by molar-refractivity contribution is 5.72. The van der Waals surface area contributed by atoms with E-state index in [1.165, 1.54) is 250 Å². The summed E-state index contributed by atoms with van der Waals surface area (Å²) in [6.07, 6.45) is 57.2. The summed E-state index contributed by atoms with van der Waals surface area (Å²) in [5.74, 6) is 0.263. The molecule has 2 nitrogen and oxygen atoms in total. The van der Waals surface area contributed by atoms with Crippen molar-refractivity contribution in [1.29, 1.82) is 0 Å². The van der Waals surface area contributed by atoms with E-state index in [0.717, 1.165) is 19.3 Å². The van der Waals surface area contributed by atoms with Crippen LogP contribution in [0.25, 0.3) is 0 Å². The Hall–Kier alpha value is -0.530. The van der Waals surface area contributed by atoms with E-state index in [2.05, 4.69) is 20.8 Å². The van der Waals surface area contributed by atoms with E-state index in [1.54, 1.807) is 0 Å². The first-order valence-electron chi connectivity index (χ1n) is 23.9. The summed E-state index contributed by atoms with van der Waals surface area (Å²) in [4.78, 5) is 13.1. The van der Waals surface area contributed by atoms with Crippen molar-refractivity contribution in [3.8, 4) is 0 Å². The van der Waals surface area contributed by atoms with Gasteiger partial charge in [-0.15, -0.1) is 0 Å². The van der Waals surface area contributed by atoms with Crippen LogP contribution in [0.4, 0.5) is 0 Å². The van der Waals surface area contributed by atoms with Crippen molar-refractivity contribution in [2.24, 2.45) is 5.92 Å². The van der Waals surface area contributed by atoms with Crippen molar-refractivity contribution < 1.29 is 9.53 Å². The summed E-state index contributed by atoms with van der Waals surface area (Å²) < 4.78 is 5.89. The number of hydrogen-bond acceptors (Lipinski definition) is 2. The molecule has 0 bridgehead atoms. The molecule has 0 fully saturated rings. The molecule has 0 rings (SSSR count). The maximum absolute atomic E-state index is 13.1. The molecule has 0 saturated carbocycles. The molecule has 0 aromatic carbocycles. The normalized spacial score (nSPS) is 12.1. The van der Waals surface area contributed by atoms with Crippen LogP contribution in [0.5, 0.6) is 0 Å². The molecule has 0 N–H and O–H groups in total. The molecule has 0 aromatic heterocycles. The summed E-state index contributed by atoms with van der Waals surface area (Å²) in [5.41, 5.74) is 0. The lowest BCUT2D eigenvalue weighted by molar-refractivity contribution is -0.149. The van der Waals surface area contributed by atoms with Crippen molar-refractivity contribution in [2.75, 3.05) is 6.61 Å². The molecule has 50 heavy (non-hydrogen) atoms. The van der Waals surface area contributed by atoms with Gasteiger partial charge in [-0.1, -0.05) is 271 Å². The Morgan fingerprint density at radius 1 is 0.300 bits per heavy atom. The predicted molar refractivity (Wildman–Crippen MR) is 225 cm³/mol. The predicted octanol–water partition coefficient (Wildman–Crippen LogP) is 17.6. The minimum Gasteiger partial charge on any atom is -0.465 e. The molecule has 1 atom stereocenters. The number of ether oxygens (including phenoxy) is 1. The summed E-state index contributed by atoms with van der Waals surface area (Å²) in [6.45, 7) is 7.53. The van der Waals surface area contributed by atoms with Crippen LogP contribution in [0, 0.1) is 5.92 Å². The number of carbonyl (C=O) groups excluding carboxylic acids is 1. The van der Waals surface area contributed by atoms with Crippen molar-refractivity contribution in [2.45, 2.75) is 290 Å². The number of carbonyl (C=O) groups is 1. The second kappa shape index (κ2) is 44.6. The minimum absolute atomic E-state index is 0.122. The van der Waals surface area contributed by atoms with Crippen LogP contribution < -0.4 is 0 Å². The van der Waals surface area contributed by atoms with E-state index in [4.69, 9.17) is 4.74 Å². The van der Waals surface area contributed by atoms with Crippen molar-refractivity contribution in [1.82, 2.24) is 0 Å². The Morgan fingerprint density at radius 2 is 0.500 bits per heavy atom. The van der Waals surface area contributed by atoms with Crippen molar-refractivity contribution in [3.63, 3.8) is 0 Å². The second-order valence-corrected chi connectivity index (χ2v) is 16.5. The van der Waals surface area contributed by atoms with Gasteiger partial charge in [0.05, 0.1) is 12.5 Å². The molecule has 0 aromatic rings. The first kappa shape index (κ1) is 49.5. The lowest BCUT2D eigenvalue weighted by Gasteiger charge is -2.16. The largest absolute Gasteiger partial charge is 0.465 e. The third-order valence-corrected chi connectivity index (χ3v) is 11.4. The van der Waals surface area contributed by atoms with E-state index in [9.17, 15) is 4.79 Å². The third kappa shape index (κ3) is 40.2. The number of unbranched alkanes of at least 4 members (excludes halogenated alkanes) is 37. The Balaban J connectivity index is 4.05. The van der Waals surface area contributed by atoms with Crippen LogP contribution in [-0.4, -0.2) is 12.6 Å². The van der Waals surface area contributed by atoms with Gasteiger partial charge in [-0.2, -0.15) is 0 Å². The lowest BCUT2D eigenvalue weighted by Crippen LogP contribution is -2.18. The van der Waals surface area contributed by atoms with E-state index in [-0.39, 0.29) is 11.9 Å². The standard InChI is InChI=1S/C48H96O2/c1-4-7-10-13-16-19-22-24-26-27-29-31-33-36-39-42-45-47(48(49)50-46-43-40-37-34-21-18-15-12-9-6-3)44-41-38-35-32-30-28-25-23-20-17-14-11-8-5-2/h47H,4-46H2,1-3H3. The first-order chi connectivity index (χ1) is 24.8. The van der Waals surface area contributed by atoms with Gasteiger partial charge in [-0.25, -0.2) is 0 Å².